The van der Waals surface area contributed by atoms with Gasteiger partial charge >= 0.3 is 0 Å². The number of hydrogen-bond donors (Lipinski definition) is 2. The number of hydrogen-bond acceptors (Lipinski definition) is 6. The molecule has 2 N–H and O–H groups in total. The minimum atomic E-state index is -3.79. The maximum atomic E-state index is 12.3. The Bertz CT molecular complexity index is 1030. The van der Waals surface area contributed by atoms with E-state index in [1.54, 1.807) is 38.4 Å². The first kappa shape index (κ1) is 24.0. The van der Waals surface area contributed by atoms with Gasteiger partial charge in [0.2, 0.25) is 15.9 Å². The van der Waals surface area contributed by atoms with E-state index in [9.17, 15) is 22.8 Å². The first-order valence-corrected chi connectivity index (χ1v) is 10.9. The molecule has 2 amide bonds. The fourth-order valence-corrected chi connectivity index (χ4v) is 3.42. The predicted octanol–water partition coefficient (Wildman–Crippen LogP) is 1.66. The van der Waals surface area contributed by atoms with Crippen LogP contribution in [0.3, 0.4) is 0 Å². The van der Waals surface area contributed by atoms with Gasteiger partial charge in [0.1, 0.15) is 5.75 Å². The van der Waals surface area contributed by atoms with Crippen LogP contribution >= 0.6 is 0 Å². The maximum Gasteiger partial charge on any atom is 0.259 e. The number of anilines is 1. The number of amides is 2. The molecule has 31 heavy (non-hydrogen) atoms. The lowest BCUT2D eigenvalue weighted by Crippen LogP contribution is -2.28. The molecular formula is C21H25N3O6S. The van der Waals surface area contributed by atoms with E-state index in [0.717, 1.165) is 0 Å². The van der Waals surface area contributed by atoms with Crippen LogP contribution in [-0.2, 0) is 19.6 Å². The molecule has 9 nitrogen and oxygen atoms in total. The van der Waals surface area contributed by atoms with Crippen molar-refractivity contribution in [2.75, 3.05) is 32.6 Å². The number of rotatable bonds is 10. The molecule has 2 aromatic rings. The zero-order chi connectivity index (χ0) is 23.0. The van der Waals surface area contributed by atoms with E-state index in [1.807, 2.05) is 0 Å². The second-order valence-corrected chi connectivity index (χ2v) is 8.64. The number of Topliss-reactive ketones (excluding diaryl/α,β-unsaturated/α-hetero) is 1. The van der Waals surface area contributed by atoms with E-state index >= 15 is 0 Å². The number of ketones is 1. The Morgan fingerprint density at radius 1 is 0.968 bits per heavy atom. The lowest BCUT2D eigenvalue weighted by atomic mass is 10.2. The highest BCUT2D eigenvalue weighted by atomic mass is 32.2. The van der Waals surface area contributed by atoms with Gasteiger partial charge in [-0.05, 0) is 43.3 Å². The quantitative estimate of drug-likeness (QED) is 0.534. The van der Waals surface area contributed by atoms with E-state index in [0.29, 0.717) is 17.0 Å². The van der Waals surface area contributed by atoms with Crippen molar-refractivity contribution < 1.29 is 27.5 Å². The zero-order valence-corrected chi connectivity index (χ0v) is 18.4. The molecule has 0 aromatic heterocycles. The van der Waals surface area contributed by atoms with Crippen molar-refractivity contribution in [2.24, 2.45) is 0 Å². The Morgan fingerprint density at radius 2 is 1.58 bits per heavy atom. The molecule has 0 radical (unpaired) electrons. The molecule has 2 aromatic carbocycles. The van der Waals surface area contributed by atoms with Crippen LogP contribution in [0, 0.1) is 0 Å². The van der Waals surface area contributed by atoms with Gasteiger partial charge in [0.25, 0.3) is 5.91 Å². The molecule has 10 heteroatoms. The van der Waals surface area contributed by atoms with Gasteiger partial charge in [-0.2, -0.15) is 0 Å². The Balaban J connectivity index is 1.81. The first-order chi connectivity index (χ1) is 14.6. The van der Waals surface area contributed by atoms with Crippen LogP contribution in [0.15, 0.2) is 53.4 Å². The van der Waals surface area contributed by atoms with Crippen LogP contribution in [-0.4, -0.2) is 58.2 Å². The average molecular weight is 448 g/mol. The smallest absolute Gasteiger partial charge is 0.259 e. The molecule has 0 spiro atoms. The number of carbonyl (C=O) groups excluding carboxylic acids is 3. The van der Waals surface area contributed by atoms with Crippen molar-refractivity contribution in [3.63, 3.8) is 0 Å². The van der Waals surface area contributed by atoms with Crippen LogP contribution in [0.5, 0.6) is 5.75 Å². The van der Waals surface area contributed by atoms with Gasteiger partial charge < -0.3 is 15.0 Å². The Hall–Kier alpha value is -3.24. The third-order valence-corrected chi connectivity index (χ3v) is 5.69. The number of nitrogens with one attached hydrogen (secondary N) is 2. The Kier molecular flexibility index (Phi) is 8.29. The molecule has 0 aliphatic heterocycles. The van der Waals surface area contributed by atoms with Crippen molar-refractivity contribution in [1.29, 1.82) is 0 Å². The number of nitrogens with zero attached hydrogens (tertiary/aromatic N) is 1. The minimum absolute atomic E-state index is 0.0150. The summed E-state index contributed by atoms with van der Waals surface area (Å²) in [6, 6.07) is 12.0. The largest absolute Gasteiger partial charge is 0.484 e. The van der Waals surface area contributed by atoms with Gasteiger partial charge in [0, 0.05) is 38.3 Å². The summed E-state index contributed by atoms with van der Waals surface area (Å²) in [4.78, 5) is 36.3. The number of ether oxygens (including phenoxy) is 1. The van der Waals surface area contributed by atoms with Gasteiger partial charge in [-0.15, -0.1) is 0 Å². The first-order valence-electron chi connectivity index (χ1n) is 9.42. The molecule has 2 rings (SSSR count). The monoisotopic (exact) mass is 447 g/mol. The minimum Gasteiger partial charge on any atom is -0.484 e. The van der Waals surface area contributed by atoms with Gasteiger partial charge in [-0.1, -0.05) is 12.1 Å². The molecule has 0 bridgehead atoms. The number of likely N-dealkylation sites (N-methyl/N-ethyl adjacent to an activating group) is 1. The normalized spacial score (nSPS) is 10.9. The molecule has 0 fully saturated rings. The second kappa shape index (κ2) is 10.7. The number of sulfonamides is 1. The Morgan fingerprint density at radius 3 is 2.13 bits per heavy atom. The van der Waals surface area contributed by atoms with Gasteiger partial charge in [0.05, 0.1) is 4.90 Å². The van der Waals surface area contributed by atoms with Crippen molar-refractivity contribution in [3.8, 4) is 5.75 Å². The molecule has 0 aliphatic rings. The van der Waals surface area contributed by atoms with Crippen LogP contribution in [0.2, 0.25) is 0 Å². The van der Waals surface area contributed by atoms with Gasteiger partial charge in [0.15, 0.2) is 12.4 Å². The Labute approximate surface area is 181 Å². The van der Waals surface area contributed by atoms with Crippen LogP contribution in [0.1, 0.15) is 23.7 Å². The molecule has 0 saturated heterocycles. The molecular weight excluding hydrogens is 422 g/mol. The van der Waals surface area contributed by atoms with Crippen molar-refractivity contribution >= 4 is 33.3 Å². The third-order valence-electron chi connectivity index (χ3n) is 4.21. The molecule has 0 aliphatic carbocycles. The van der Waals surface area contributed by atoms with Gasteiger partial charge in [-0.3, -0.25) is 14.4 Å². The van der Waals surface area contributed by atoms with E-state index in [2.05, 4.69) is 10.0 Å². The highest BCUT2D eigenvalue weighted by Crippen LogP contribution is 2.16. The van der Waals surface area contributed by atoms with Crippen LogP contribution in [0.25, 0.3) is 0 Å². The zero-order valence-electron chi connectivity index (χ0n) is 17.5. The highest BCUT2D eigenvalue weighted by Gasteiger charge is 2.15. The number of carbonyl (C=O) groups is 3. The van der Waals surface area contributed by atoms with Crippen molar-refractivity contribution in [2.45, 2.75) is 18.2 Å². The molecule has 0 unspecified atom stereocenters. The average Bonchev–Trinajstić information content (AvgIpc) is 2.72. The second-order valence-electron chi connectivity index (χ2n) is 6.88. The standard InChI is InChI=1S/C21H25N3O6S/c1-15(25)16-4-10-19(11-5-16)31(28,29)22-13-12-20(26)23-17-6-8-18(9-7-17)30-14-21(27)24(2)3/h4-11,22H,12-14H2,1-3H3,(H,23,26). The molecule has 0 heterocycles. The summed E-state index contributed by atoms with van der Waals surface area (Å²) in [6.45, 7) is 1.22. The van der Waals surface area contributed by atoms with E-state index in [1.165, 1.54) is 36.1 Å². The maximum absolute atomic E-state index is 12.3. The van der Waals surface area contributed by atoms with E-state index < -0.39 is 10.0 Å². The summed E-state index contributed by atoms with van der Waals surface area (Å²) in [6.07, 6.45) is -0.0691. The molecule has 0 saturated carbocycles. The highest BCUT2D eigenvalue weighted by molar-refractivity contribution is 7.89. The number of benzene rings is 2. The summed E-state index contributed by atoms with van der Waals surface area (Å²) in [5.74, 6) is -0.215. The molecule has 166 valence electrons. The fourth-order valence-electron chi connectivity index (χ4n) is 2.38. The van der Waals surface area contributed by atoms with Crippen LogP contribution < -0.4 is 14.8 Å². The molecule has 0 atom stereocenters. The summed E-state index contributed by atoms with van der Waals surface area (Å²) in [5.41, 5.74) is 0.929. The third kappa shape index (κ3) is 7.50. The van der Waals surface area contributed by atoms with Crippen LogP contribution in [0.4, 0.5) is 5.69 Å². The lowest BCUT2D eigenvalue weighted by molar-refractivity contribution is -0.130. The predicted molar refractivity (Wildman–Crippen MR) is 116 cm³/mol. The van der Waals surface area contributed by atoms with E-state index in [4.69, 9.17) is 4.74 Å². The lowest BCUT2D eigenvalue weighted by Gasteiger charge is -2.12. The van der Waals surface area contributed by atoms with E-state index in [-0.39, 0.29) is 42.1 Å². The summed E-state index contributed by atoms with van der Waals surface area (Å²) in [5, 5.41) is 2.66. The fraction of sp³-hybridized carbons (Fsp3) is 0.286. The SMILES string of the molecule is CC(=O)c1ccc(S(=O)(=O)NCCC(=O)Nc2ccc(OCC(=O)N(C)C)cc2)cc1. The van der Waals surface area contributed by atoms with Gasteiger partial charge in [-0.25, -0.2) is 13.1 Å². The van der Waals surface area contributed by atoms with Crippen molar-refractivity contribution in [3.05, 3.63) is 54.1 Å². The summed E-state index contributed by atoms with van der Waals surface area (Å²) < 4.78 is 32.3. The van der Waals surface area contributed by atoms with Crippen molar-refractivity contribution in [1.82, 2.24) is 9.62 Å². The topological polar surface area (TPSA) is 122 Å². The summed E-state index contributed by atoms with van der Waals surface area (Å²) in [7, 11) is -0.518. The summed E-state index contributed by atoms with van der Waals surface area (Å²) >= 11 is 0.